The second-order valence-electron chi connectivity index (χ2n) is 7.31. The zero-order valence-corrected chi connectivity index (χ0v) is 18.3. The van der Waals surface area contributed by atoms with Crippen molar-refractivity contribution >= 4 is 23.2 Å². The Kier molecular flexibility index (Phi) is 8.69. The first kappa shape index (κ1) is 22.9. The van der Waals surface area contributed by atoms with Crippen molar-refractivity contribution in [3.8, 4) is 5.75 Å². The number of rotatable bonds is 11. The predicted octanol–water partition coefficient (Wildman–Crippen LogP) is 4.50. The van der Waals surface area contributed by atoms with Crippen LogP contribution in [-0.2, 0) is 11.2 Å². The van der Waals surface area contributed by atoms with Gasteiger partial charge in [-0.05, 0) is 55.7 Å². The Bertz CT molecular complexity index is 1020. The molecule has 3 aromatic rings. The molecule has 0 fully saturated rings. The SMILES string of the molecule is CCNC(=O)c1cccc(NCC(=O)Nc2cccc(OCCCc3ccccc3)c2)c1. The van der Waals surface area contributed by atoms with Crippen molar-refractivity contribution in [3.05, 3.63) is 90.0 Å². The van der Waals surface area contributed by atoms with Crippen LogP contribution in [0.15, 0.2) is 78.9 Å². The van der Waals surface area contributed by atoms with Gasteiger partial charge < -0.3 is 20.7 Å². The van der Waals surface area contributed by atoms with Crippen molar-refractivity contribution in [3.63, 3.8) is 0 Å². The highest BCUT2D eigenvalue weighted by molar-refractivity contribution is 5.96. The Hall–Kier alpha value is -3.80. The molecule has 0 saturated heterocycles. The summed E-state index contributed by atoms with van der Waals surface area (Å²) in [5, 5.41) is 8.68. The van der Waals surface area contributed by atoms with Crippen molar-refractivity contribution in [2.75, 3.05) is 30.3 Å². The van der Waals surface area contributed by atoms with E-state index in [4.69, 9.17) is 4.74 Å². The third kappa shape index (κ3) is 7.47. The highest BCUT2D eigenvalue weighted by atomic mass is 16.5. The summed E-state index contributed by atoms with van der Waals surface area (Å²) in [5.74, 6) is 0.397. The lowest BCUT2D eigenvalue weighted by Crippen LogP contribution is -2.23. The van der Waals surface area contributed by atoms with Crippen LogP contribution < -0.4 is 20.7 Å². The fourth-order valence-electron chi connectivity index (χ4n) is 3.20. The van der Waals surface area contributed by atoms with E-state index in [9.17, 15) is 9.59 Å². The van der Waals surface area contributed by atoms with Crippen LogP contribution in [0.3, 0.4) is 0 Å². The van der Waals surface area contributed by atoms with Crippen LogP contribution >= 0.6 is 0 Å². The molecule has 0 spiro atoms. The largest absolute Gasteiger partial charge is 0.494 e. The number of aryl methyl sites for hydroxylation is 1. The monoisotopic (exact) mass is 431 g/mol. The maximum absolute atomic E-state index is 12.3. The summed E-state index contributed by atoms with van der Waals surface area (Å²) in [6.07, 6.45) is 1.88. The Labute approximate surface area is 189 Å². The van der Waals surface area contributed by atoms with E-state index in [-0.39, 0.29) is 18.4 Å². The van der Waals surface area contributed by atoms with Gasteiger partial charge in [0.05, 0.1) is 13.2 Å². The first-order chi connectivity index (χ1) is 15.6. The lowest BCUT2D eigenvalue weighted by Gasteiger charge is -2.11. The molecule has 0 radical (unpaired) electrons. The number of benzene rings is 3. The van der Waals surface area contributed by atoms with Gasteiger partial charge in [-0.25, -0.2) is 0 Å². The smallest absolute Gasteiger partial charge is 0.251 e. The van der Waals surface area contributed by atoms with Crippen LogP contribution in [0.2, 0.25) is 0 Å². The van der Waals surface area contributed by atoms with E-state index in [0.29, 0.717) is 30.1 Å². The average molecular weight is 432 g/mol. The van der Waals surface area contributed by atoms with E-state index >= 15 is 0 Å². The maximum atomic E-state index is 12.3. The minimum atomic E-state index is -0.186. The van der Waals surface area contributed by atoms with E-state index < -0.39 is 0 Å². The van der Waals surface area contributed by atoms with Crippen LogP contribution in [0, 0.1) is 0 Å². The molecular weight excluding hydrogens is 402 g/mol. The van der Waals surface area contributed by atoms with Gasteiger partial charge in [0.25, 0.3) is 5.91 Å². The van der Waals surface area contributed by atoms with Crippen molar-refractivity contribution in [1.29, 1.82) is 0 Å². The van der Waals surface area contributed by atoms with Gasteiger partial charge in [-0.2, -0.15) is 0 Å². The summed E-state index contributed by atoms with van der Waals surface area (Å²) < 4.78 is 5.83. The number of hydrogen-bond acceptors (Lipinski definition) is 4. The van der Waals surface area contributed by atoms with Crippen molar-refractivity contribution in [2.24, 2.45) is 0 Å². The molecule has 0 aliphatic carbocycles. The standard InChI is InChI=1S/C26H29N3O3/c1-2-27-26(31)21-12-6-13-22(17-21)28-19-25(30)29-23-14-7-15-24(18-23)32-16-8-11-20-9-4-3-5-10-20/h3-7,9-10,12-15,17-18,28H,2,8,11,16,19H2,1H3,(H,27,31)(H,29,30). The molecule has 0 bridgehead atoms. The molecule has 166 valence electrons. The topological polar surface area (TPSA) is 79.5 Å². The van der Waals surface area contributed by atoms with Crippen LogP contribution in [0.25, 0.3) is 0 Å². The van der Waals surface area contributed by atoms with Gasteiger partial charge in [-0.15, -0.1) is 0 Å². The molecule has 0 aromatic heterocycles. The van der Waals surface area contributed by atoms with E-state index in [1.165, 1.54) is 5.56 Å². The predicted molar refractivity (Wildman–Crippen MR) is 128 cm³/mol. The molecule has 0 aliphatic heterocycles. The van der Waals surface area contributed by atoms with Crippen LogP contribution in [0.4, 0.5) is 11.4 Å². The molecule has 3 N–H and O–H groups in total. The first-order valence-electron chi connectivity index (χ1n) is 10.8. The molecule has 3 rings (SSSR count). The molecule has 2 amide bonds. The number of carbonyl (C=O) groups excluding carboxylic acids is 2. The molecular formula is C26H29N3O3. The van der Waals surface area contributed by atoms with E-state index in [1.807, 2.05) is 55.5 Å². The Morgan fingerprint density at radius 1 is 0.875 bits per heavy atom. The zero-order valence-electron chi connectivity index (χ0n) is 18.3. The Balaban J connectivity index is 1.44. The maximum Gasteiger partial charge on any atom is 0.251 e. The number of carbonyl (C=O) groups is 2. The third-order valence-corrected chi connectivity index (χ3v) is 4.75. The molecule has 0 saturated carbocycles. The quantitative estimate of drug-likeness (QED) is 0.391. The Morgan fingerprint density at radius 3 is 2.47 bits per heavy atom. The number of anilines is 2. The van der Waals surface area contributed by atoms with E-state index in [1.54, 1.807) is 18.2 Å². The van der Waals surface area contributed by atoms with Crippen LogP contribution in [0.1, 0.15) is 29.3 Å². The second kappa shape index (κ2) is 12.2. The number of nitrogens with one attached hydrogen (secondary N) is 3. The number of ether oxygens (including phenoxy) is 1. The van der Waals surface area contributed by atoms with Gasteiger partial charge in [0.1, 0.15) is 5.75 Å². The first-order valence-corrected chi connectivity index (χ1v) is 10.8. The fourth-order valence-corrected chi connectivity index (χ4v) is 3.20. The van der Waals surface area contributed by atoms with Crippen molar-refractivity contribution in [2.45, 2.75) is 19.8 Å². The molecule has 0 unspecified atom stereocenters. The zero-order chi connectivity index (χ0) is 22.6. The minimum absolute atomic E-state index is 0.0843. The molecule has 3 aromatic carbocycles. The van der Waals surface area contributed by atoms with Gasteiger partial charge in [0, 0.05) is 29.5 Å². The average Bonchev–Trinajstić information content (AvgIpc) is 2.82. The molecule has 6 nitrogen and oxygen atoms in total. The van der Waals surface area contributed by atoms with E-state index in [0.717, 1.165) is 18.6 Å². The molecule has 0 atom stereocenters. The second-order valence-corrected chi connectivity index (χ2v) is 7.31. The summed E-state index contributed by atoms with van der Waals surface area (Å²) in [5.41, 5.74) is 3.23. The van der Waals surface area contributed by atoms with Gasteiger partial charge in [-0.1, -0.05) is 42.5 Å². The molecule has 0 aliphatic rings. The summed E-state index contributed by atoms with van der Waals surface area (Å²) >= 11 is 0. The fraction of sp³-hybridized carbons (Fsp3) is 0.231. The molecule has 6 heteroatoms. The minimum Gasteiger partial charge on any atom is -0.494 e. The normalized spacial score (nSPS) is 10.3. The Morgan fingerprint density at radius 2 is 1.66 bits per heavy atom. The van der Waals surface area contributed by atoms with Crippen LogP contribution in [0.5, 0.6) is 5.75 Å². The summed E-state index contributed by atoms with van der Waals surface area (Å²) in [6.45, 7) is 3.13. The van der Waals surface area contributed by atoms with Gasteiger partial charge >= 0.3 is 0 Å². The lowest BCUT2D eigenvalue weighted by atomic mass is 10.1. The third-order valence-electron chi connectivity index (χ3n) is 4.75. The van der Waals surface area contributed by atoms with Gasteiger partial charge in [0.2, 0.25) is 5.91 Å². The number of amides is 2. The molecule has 0 heterocycles. The van der Waals surface area contributed by atoms with Crippen molar-refractivity contribution < 1.29 is 14.3 Å². The lowest BCUT2D eigenvalue weighted by molar-refractivity contribution is -0.114. The highest BCUT2D eigenvalue weighted by Crippen LogP contribution is 2.18. The summed E-state index contributed by atoms with van der Waals surface area (Å²) in [7, 11) is 0. The van der Waals surface area contributed by atoms with Crippen molar-refractivity contribution in [1.82, 2.24) is 5.32 Å². The van der Waals surface area contributed by atoms with Gasteiger partial charge in [0.15, 0.2) is 0 Å². The molecule has 32 heavy (non-hydrogen) atoms. The van der Waals surface area contributed by atoms with Crippen LogP contribution in [-0.4, -0.2) is 31.5 Å². The van der Waals surface area contributed by atoms with E-state index in [2.05, 4.69) is 28.1 Å². The summed E-state index contributed by atoms with van der Waals surface area (Å²) in [4.78, 5) is 24.3. The van der Waals surface area contributed by atoms with Gasteiger partial charge in [-0.3, -0.25) is 9.59 Å². The summed E-state index contributed by atoms with van der Waals surface area (Å²) in [6, 6.07) is 24.7. The highest BCUT2D eigenvalue weighted by Gasteiger charge is 2.07. The number of hydrogen-bond donors (Lipinski definition) is 3.